The third kappa shape index (κ3) is 5.13. The highest BCUT2D eigenvalue weighted by molar-refractivity contribution is 7.90. The highest BCUT2D eigenvalue weighted by Gasteiger charge is 2.25. The molecule has 0 saturated heterocycles. The number of sulfone groups is 1. The number of nitrogens with zero attached hydrogens (tertiary/aromatic N) is 2. The zero-order valence-corrected chi connectivity index (χ0v) is 14.8. The molecule has 2 aromatic rings. The van der Waals surface area contributed by atoms with Gasteiger partial charge in [0.05, 0.1) is 12.3 Å². The SMILES string of the molecule is CCCNC(=O)NCc1nnc(S(=O)(=O)Cc2c(F)cccc2Cl)o1. The molecule has 11 heteroatoms. The van der Waals surface area contributed by atoms with Gasteiger partial charge in [-0.05, 0) is 18.6 Å². The Morgan fingerprint density at radius 3 is 2.76 bits per heavy atom. The van der Waals surface area contributed by atoms with Gasteiger partial charge in [-0.25, -0.2) is 17.6 Å². The number of urea groups is 1. The summed E-state index contributed by atoms with van der Waals surface area (Å²) in [5.74, 6) is -1.56. The van der Waals surface area contributed by atoms with Crippen molar-refractivity contribution in [1.29, 1.82) is 0 Å². The maximum Gasteiger partial charge on any atom is 0.335 e. The minimum absolute atomic E-state index is 0.0161. The molecule has 136 valence electrons. The molecule has 0 saturated carbocycles. The fourth-order valence-electron chi connectivity index (χ4n) is 1.81. The quantitative estimate of drug-likeness (QED) is 0.747. The summed E-state index contributed by atoms with van der Waals surface area (Å²) in [6.45, 7) is 2.26. The molecule has 0 unspecified atom stereocenters. The van der Waals surface area contributed by atoms with Crippen LogP contribution < -0.4 is 10.6 Å². The van der Waals surface area contributed by atoms with E-state index in [2.05, 4.69) is 20.8 Å². The van der Waals surface area contributed by atoms with Crippen LogP contribution in [0.2, 0.25) is 5.02 Å². The second-order valence-electron chi connectivity index (χ2n) is 5.03. The van der Waals surface area contributed by atoms with Gasteiger partial charge in [-0.1, -0.05) is 29.7 Å². The maximum atomic E-state index is 13.7. The molecule has 0 aliphatic heterocycles. The summed E-state index contributed by atoms with van der Waals surface area (Å²) < 4.78 is 43.3. The molecule has 1 heterocycles. The number of hydrogen-bond donors (Lipinski definition) is 2. The molecule has 0 bridgehead atoms. The lowest BCUT2D eigenvalue weighted by atomic mass is 10.2. The van der Waals surface area contributed by atoms with Crippen LogP contribution >= 0.6 is 11.6 Å². The second-order valence-corrected chi connectivity index (χ2v) is 7.31. The van der Waals surface area contributed by atoms with Gasteiger partial charge in [0.1, 0.15) is 5.82 Å². The summed E-state index contributed by atoms with van der Waals surface area (Å²) in [5, 5.41) is 11.3. The average molecular weight is 391 g/mol. The van der Waals surface area contributed by atoms with Gasteiger partial charge in [-0.2, -0.15) is 0 Å². The van der Waals surface area contributed by atoms with Gasteiger partial charge < -0.3 is 15.1 Å². The number of nitrogens with one attached hydrogen (secondary N) is 2. The standard InChI is InChI=1S/C14H16ClFN4O4S/c1-2-6-17-13(21)18-7-12-19-20-14(24-12)25(22,23)8-9-10(15)4-3-5-11(9)16/h3-5H,2,6-8H2,1H3,(H2,17,18,21). The van der Waals surface area contributed by atoms with E-state index in [4.69, 9.17) is 16.0 Å². The van der Waals surface area contributed by atoms with Crippen molar-refractivity contribution in [1.82, 2.24) is 20.8 Å². The van der Waals surface area contributed by atoms with E-state index in [1.807, 2.05) is 6.92 Å². The molecule has 8 nitrogen and oxygen atoms in total. The minimum Gasteiger partial charge on any atom is -0.411 e. The lowest BCUT2D eigenvalue weighted by Crippen LogP contribution is -2.35. The van der Waals surface area contributed by atoms with Crippen LogP contribution in [-0.2, 0) is 22.1 Å². The highest BCUT2D eigenvalue weighted by Crippen LogP contribution is 2.24. The van der Waals surface area contributed by atoms with Crippen molar-refractivity contribution in [2.75, 3.05) is 6.54 Å². The van der Waals surface area contributed by atoms with Crippen LogP contribution in [0.4, 0.5) is 9.18 Å². The largest absolute Gasteiger partial charge is 0.411 e. The third-order valence-electron chi connectivity index (χ3n) is 3.05. The van der Waals surface area contributed by atoms with Gasteiger partial charge in [0.15, 0.2) is 0 Å². The molecule has 2 amide bonds. The van der Waals surface area contributed by atoms with E-state index in [0.717, 1.165) is 12.5 Å². The lowest BCUT2D eigenvalue weighted by molar-refractivity contribution is 0.239. The number of hydrogen-bond acceptors (Lipinski definition) is 6. The van der Waals surface area contributed by atoms with E-state index in [1.54, 1.807) is 0 Å². The molecule has 0 aliphatic rings. The summed E-state index contributed by atoms with van der Waals surface area (Å²) in [7, 11) is -4.08. The Labute approximate surface area is 148 Å². The van der Waals surface area contributed by atoms with Gasteiger partial charge in [0, 0.05) is 17.1 Å². The summed E-state index contributed by atoms with van der Waals surface area (Å²) in [4.78, 5) is 11.4. The molecule has 2 N–H and O–H groups in total. The fourth-order valence-corrected chi connectivity index (χ4v) is 3.31. The van der Waals surface area contributed by atoms with Gasteiger partial charge >= 0.3 is 11.3 Å². The van der Waals surface area contributed by atoms with Crippen LogP contribution in [0.1, 0.15) is 24.8 Å². The predicted octanol–water partition coefficient (Wildman–Crippen LogP) is 2.05. The lowest BCUT2D eigenvalue weighted by Gasteiger charge is -2.05. The van der Waals surface area contributed by atoms with Crippen molar-refractivity contribution >= 4 is 27.5 Å². The molecule has 1 aromatic heterocycles. The molecule has 0 fully saturated rings. The second kappa shape index (κ2) is 8.26. The topological polar surface area (TPSA) is 114 Å². The van der Waals surface area contributed by atoms with Crippen LogP contribution in [0.5, 0.6) is 0 Å². The Morgan fingerprint density at radius 2 is 2.08 bits per heavy atom. The van der Waals surface area contributed by atoms with E-state index in [1.165, 1.54) is 12.1 Å². The number of benzene rings is 1. The first-order valence-electron chi connectivity index (χ1n) is 7.33. The van der Waals surface area contributed by atoms with Crippen LogP contribution in [0.3, 0.4) is 0 Å². The highest BCUT2D eigenvalue weighted by atomic mass is 35.5. The van der Waals surface area contributed by atoms with Gasteiger partial charge in [-0.3, -0.25) is 0 Å². The van der Waals surface area contributed by atoms with Gasteiger partial charge in [0.25, 0.3) is 0 Å². The Hall–Kier alpha value is -2.20. The first-order chi connectivity index (χ1) is 11.8. The zero-order chi connectivity index (χ0) is 18.4. The molecular formula is C14H16ClFN4O4S. The normalized spacial score (nSPS) is 11.3. The van der Waals surface area contributed by atoms with Crippen molar-refractivity contribution in [2.45, 2.75) is 30.9 Å². The van der Waals surface area contributed by atoms with Crippen molar-refractivity contribution in [3.63, 3.8) is 0 Å². The fraction of sp³-hybridized carbons (Fsp3) is 0.357. The number of carbonyl (C=O) groups excluding carboxylic acids is 1. The van der Waals surface area contributed by atoms with Gasteiger partial charge in [0.2, 0.25) is 15.7 Å². The van der Waals surface area contributed by atoms with E-state index in [9.17, 15) is 17.6 Å². The van der Waals surface area contributed by atoms with Crippen LogP contribution in [0.25, 0.3) is 0 Å². The molecule has 1 aromatic carbocycles. The van der Waals surface area contributed by atoms with Crippen molar-refractivity contribution in [2.24, 2.45) is 0 Å². The van der Waals surface area contributed by atoms with Crippen LogP contribution in [0.15, 0.2) is 27.8 Å². The van der Waals surface area contributed by atoms with Crippen LogP contribution in [-0.4, -0.2) is 31.2 Å². The molecule has 0 aliphatic carbocycles. The Bertz CT molecular complexity index is 836. The Morgan fingerprint density at radius 1 is 1.32 bits per heavy atom. The number of rotatable bonds is 7. The average Bonchev–Trinajstić information content (AvgIpc) is 3.04. The smallest absolute Gasteiger partial charge is 0.335 e. The summed E-state index contributed by atoms with van der Waals surface area (Å²) in [5.41, 5.74) is -0.180. The monoisotopic (exact) mass is 390 g/mol. The maximum absolute atomic E-state index is 13.7. The summed E-state index contributed by atoms with van der Waals surface area (Å²) in [6.07, 6.45) is 0.773. The van der Waals surface area contributed by atoms with Crippen molar-refractivity contribution < 1.29 is 22.0 Å². The Kier molecular flexibility index (Phi) is 6.32. The first-order valence-corrected chi connectivity index (χ1v) is 9.36. The Balaban J connectivity index is 2.06. The van der Waals surface area contributed by atoms with Gasteiger partial charge in [-0.15, -0.1) is 5.10 Å². The molecule has 0 atom stereocenters. The van der Waals surface area contributed by atoms with E-state index >= 15 is 0 Å². The number of aromatic nitrogens is 2. The third-order valence-corrected chi connectivity index (χ3v) is 4.77. The number of amides is 2. The van der Waals surface area contributed by atoms with E-state index in [-0.39, 0.29) is 23.0 Å². The molecule has 0 spiro atoms. The van der Waals surface area contributed by atoms with Crippen molar-refractivity contribution in [3.05, 3.63) is 40.5 Å². The van der Waals surface area contributed by atoms with E-state index < -0.39 is 32.7 Å². The number of carbonyl (C=O) groups is 1. The summed E-state index contributed by atoms with van der Waals surface area (Å²) in [6, 6.07) is 3.42. The predicted molar refractivity (Wildman–Crippen MR) is 87.1 cm³/mol. The molecule has 25 heavy (non-hydrogen) atoms. The number of halogens is 2. The van der Waals surface area contributed by atoms with E-state index in [0.29, 0.717) is 6.54 Å². The first kappa shape index (κ1) is 19.1. The molecular weight excluding hydrogens is 375 g/mol. The summed E-state index contributed by atoms with van der Waals surface area (Å²) >= 11 is 5.83. The zero-order valence-electron chi connectivity index (χ0n) is 13.3. The van der Waals surface area contributed by atoms with Crippen LogP contribution in [0, 0.1) is 5.82 Å². The minimum atomic E-state index is -4.08. The molecule has 2 rings (SSSR count). The molecule has 0 radical (unpaired) electrons. The van der Waals surface area contributed by atoms with Crippen molar-refractivity contribution in [3.8, 4) is 0 Å².